The van der Waals surface area contributed by atoms with Crippen molar-refractivity contribution in [1.29, 1.82) is 0 Å². The number of aliphatic carboxylic acids is 1. The summed E-state index contributed by atoms with van der Waals surface area (Å²) in [6.45, 7) is 4.78. The van der Waals surface area contributed by atoms with Crippen LogP contribution in [-0.2, 0) is 25.7 Å². The van der Waals surface area contributed by atoms with E-state index in [-0.39, 0.29) is 19.4 Å². The summed E-state index contributed by atoms with van der Waals surface area (Å²) in [6, 6.07) is 7.91. The van der Waals surface area contributed by atoms with Gasteiger partial charge in [0, 0.05) is 12.0 Å². The normalized spacial score (nSPS) is 16.9. The number of likely N-dealkylation sites (tertiary alicyclic amines) is 1. The van der Waals surface area contributed by atoms with Gasteiger partial charge >= 0.3 is 12.1 Å². The Labute approximate surface area is 157 Å². The molecule has 27 heavy (non-hydrogen) atoms. The second kappa shape index (κ2) is 8.20. The number of rotatable bonds is 5. The molecule has 0 unspecified atom stereocenters. The Bertz CT molecular complexity index is 725. The number of amides is 3. The number of hydrogen-bond acceptors (Lipinski definition) is 5. The van der Waals surface area contributed by atoms with Crippen molar-refractivity contribution in [1.82, 2.24) is 9.80 Å². The van der Waals surface area contributed by atoms with Gasteiger partial charge in [0.25, 0.3) is 0 Å². The molecular weight excluding hydrogens is 352 g/mol. The lowest BCUT2D eigenvalue weighted by molar-refractivity contribution is -0.154. The third-order valence-electron chi connectivity index (χ3n) is 4.29. The molecule has 1 aromatic rings. The molecule has 0 aromatic heterocycles. The van der Waals surface area contributed by atoms with Crippen LogP contribution < -0.4 is 0 Å². The summed E-state index contributed by atoms with van der Waals surface area (Å²) < 4.78 is 5.30. The molecular formula is C19H24N2O6. The SMILES string of the molecule is CC(C)(C)N(CC(=O)N1C(=O)CC[C@H]1C(=O)O)C(=O)OCc1ccccc1. The van der Waals surface area contributed by atoms with Crippen molar-refractivity contribution in [2.75, 3.05) is 6.54 Å². The number of carboxylic acids is 1. The van der Waals surface area contributed by atoms with Crippen LogP contribution >= 0.6 is 0 Å². The molecule has 3 amide bonds. The van der Waals surface area contributed by atoms with Crippen LogP contribution in [0.5, 0.6) is 0 Å². The molecule has 0 spiro atoms. The Morgan fingerprint density at radius 2 is 1.85 bits per heavy atom. The van der Waals surface area contributed by atoms with E-state index in [2.05, 4.69) is 0 Å². The number of imide groups is 1. The Morgan fingerprint density at radius 1 is 1.22 bits per heavy atom. The van der Waals surface area contributed by atoms with Crippen LogP contribution in [0.4, 0.5) is 4.79 Å². The number of carbonyl (C=O) groups excluding carboxylic acids is 3. The van der Waals surface area contributed by atoms with Crippen molar-refractivity contribution in [3.05, 3.63) is 35.9 Å². The van der Waals surface area contributed by atoms with E-state index >= 15 is 0 Å². The molecule has 8 nitrogen and oxygen atoms in total. The van der Waals surface area contributed by atoms with Crippen molar-refractivity contribution in [2.45, 2.75) is 51.8 Å². The molecule has 0 radical (unpaired) electrons. The van der Waals surface area contributed by atoms with Crippen LogP contribution in [0.2, 0.25) is 0 Å². The summed E-state index contributed by atoms with van der Waals surface area (Å²) in [5, 5.41) is 9.21. The van der Waals surface area contributed by atoms with Crippen LogP contribution in [0, 0.1) is 0 Å². The van der Waals surface area contributed by atoms with Gasteiger partial charge in [-0.15, -0.1) is 0 Å². The standard InChI is InChI=1S/C19H24N2O6/c1-19(2,3)20(18(26)27-12-13-7-5-4-6-8-13)11-16(23)21-14(17(24)25)9-10-15(21)22/h4-8,14H,9-12H2,1-3H3,(H,24,25)/t14-/m0/s1. The summed E-state index contributed by atoms with van der Waals surface area (Å²) >= 11 is 0. The lowest BCUT2D eigenvalue weighted by Gasteiger charge is -2.35. The molecule has 8 heteroatoms. The fraction of sp³-hybridized carbons (Fsp3) is 0.474. The number of nitrogens with zero attached hydrogens (tertiary/aromatic N) is 2. The average Bonchev–Trinajstić information content (AvgIpc) is 2.99. The van der Waals surface area contributed by atoms with E-state index in [1.54, 1.807) is 32.9 Å². The van der Waals surface area contributed by atoms with Gasteiger partial charge in [0.05, 0.1) is 0 Å². The lowest BCUT2D eigenvalue weighted by Crippen LogP contribution is -2.53. The number of carbonyl (C=O) groups is 4. The maximum absolute atomic E-state index is 12.6. The van der Waals surface area contributed by atoms with Gasteiger partial charge in [-0.2, -0.15) is 0 Å². The summed E-state index contributed by atoms with van der Waals surface area (Å²) in [4.78, 5) is 50.3. The molecule has 0 bridgehead atoms. The molecule has 1 saturated heterocycles. The minimum absolute atomic E-state index is 0.00330. The van der Waals surface area contributed by atoms with Gasteiger partial charge < -0.3 is 9.84 Å². The van der Waals surface area contributed by atoms with E-state index in [4.69, 9.17) is 4.74 Å². The van der Waals surface area contributed by atoms with Crippen LogP contribution in [-0.4, -0.2) is 56.9 Å². The minimum Gasteiger partial charge on any atom is -0.480 e. The minimum atomic E-state index is -1.23. The first-order chi connectivity index (χ1) is 12.6. The van der Waals surface area contributed by atoms with E-state index in [1.807, 2.05) is 18.2 Å². The highest BCUT2D eigenvalue weighted by Gasteiger charge is 2.42. The van der Waals surface area contributed by atoms with Crippen LogP contribution in [0.15, 0.2) is 30.3 Å². The Morgan fingerprint density at radius 3 is 2.41 bits per heavy atom. The van der Waals surface area contributed by atoms with Crippen molar-refractivity contribution in [3.63, 3.8) is 0 Å². The molecule has 2 rings (SSSR count). The highest BCUT2D eigenvalue weighted by molar-refractivity contribution is 6.02. The third-order valence-corrected chi connectivity index (χ3v) is 4.29. The number of ether oxygens (including phenoxy) is 1. The van der Waals surface area contributed by atoms with Crippen molar-refractivity contribution >= 4 is 23.9 Å². The molecule has 1 aromatic carbocycles. The molecule has 1 aliphatic rings. The third kappa shape index (κ3) is 5.06. The predicted octanol–water partition coefficient (Wildman–Crippen LogP) is 2.03. The largest absolute Gasteiger partial charge is 0.480 e. The highest BCUT2D eigenvalue weighted by atomic mass is 16.6. The zero-order valence-corrected chi connectivity index (χ0v) is 15.7. The van der Waals surface area contributed by atoms with E-state index in [1.165, 1.54) is 4.90 Å². The van der Waals surface area contributed by atoms with Crippen LogP contribution in [0.3, 0.4) is 0 Å². The molecule has 1 N–H and O–H groups in total. The first-order valence-electron chi connectivity index (χ1n) is 8.67. The molecule has 1 aliphatic heterocycles. The number of carboxylic acid groups (broad SMARTS) is 1. The zero-order chi connectivity index (χ0) is 20.2. The summed E-state index contributed by atoms with van der Waals surface area (Å²) in [7, 11) is 0. The highest BCUT2D eigenvalue weighted by Crippen LogP contribution is 2.22. The topological polar surface area (TPSA) is 104 Å². The van der Waals surface area contributed by atoms with Crippen molar-refractivity contribution < 1.29 is 29.0 Å². The van der Waals surface area contributed by atoms with Gasteiger partial charge in [0.2, 0.25) is 11.8 Å². The Kier molecular flexibility index (Phi) is 6.20. The van der Waals surface area contributed by atoms with E-state index in [9.17, 15) is 24.3 Å². The molecule has 1 atom stereocenters. The zero-order valence-electron chi connectivity index (χ0n) is 15.7. The fourth-order valence-electron chi connectivity index (χ4n) is 2.81. The van der Waals surface area contributed by atoms with E-state index < -0.39 is 42.0 Å². The average molecular weight is 376 g/mol. The summed E-state index contributed by atoms with van der Waals surface area (Å²) in [5.74, 6) is -2.50. The fourth-order valence-corrected chi connectivity index (χ4v) is 2.81. The summed E-state index contributed by atoms with van der Waals surface area (Å²) in [6.07, 6.45) is -0.636. The molecule has 1 fully saturated rings. The van der Waals surface area contributed by atoms with E-state index in [0.29, 0.717) is 0 Å². The predicted molar refractivity (Wildman–Crippen MR) is 95.6 cm³/mol. The quantitative estimate of drug-likeness (QED) is 0.843. The van der Waals surface area contributed by atoms with Gasteiger partial charge in [0.1, 0.15) is 19.2 Å². The first-order valence-corrected chi connectivity index (χ1v) is 8.67. The second-order valence-electron chi connectivity index (χ2n) is 7.35. The lowest BCUT2D eigenvalue weighted by atomic mass is 10.1. The Hall–Kier alpha value is -2.90. The molecule has 1 heterocycles. The smallest absolute Gasteiger partial charge is 0.411 e. The monoisotopic (exact) mass is 376 g/mol. The second-order valence-corrected chi connectivity index (χ2v) is 7.35. The molecule has 0 aliphatic carbocycles. The van der Waals surface area contributed by atoms with Gasteiger partial charge in [-0.3, -0.25) is 19.4 Å². The van der Waals surface area contributed by atoms with Crippen LogP contribution in [0.25, 0.3) is 0 Å². The maximum Gasteiger partial charge on any atom is 0.411 e. The van der Waals surface area contributed by atoms with Gasteiger partial charge in [0.15, 0.2) is 0 Å². The first kappa shape index (κ1) is 20.4. The maximum atomic E-state index is 12.6. The number of benzene rings is 1. The van der Waals surface area contributed by atoms with Gasteiger partial charge in [-0.05, 0) is 32.8 Å². The molecule has 146 valence electrons. The van der Waals surface area contributed by atoms with Gasteiger partial charge in [-0.25, -0.2) is 9.59 Å². The van der Waals surface area contributed by atoms with Crippen molar-refractivity contribution in [2.24, 2.45) is 0 Å². The van der Waals surface area contributed by atoms with Crippen molar-refractivity contribution in [3.8, 4) is 0 Å². The summed E-state index contributed by atoms with van der Waals surface area (Å²) in [5.41, 5.74) is 0.0389. The number of hydrogen-bond donors (Lipinski definition) is 1. The van der Waals surface area contributed by atoms with E-state index in [0.717, 1.165) is 10.5 Å². The Balaban J connectivity index is 2.09. The van der Waals surface area contributed by atoms with Crippen LogP contribution in [0.1, 0.15) is 39.2 Å². The molecule has 0 saturated carbocycles. The van der Waals surface area contributed by atoms with Gasteiger partial charge in [-0.1, -0.05) is 30.3 Å².